The Kier molecular flexibility index (Phi) is 8.69. The van der Waals surface area contributed by atoms with Gasteiger partial charge in [0.2, 0.25) is 0 Å². The van der Waals surface area contributed by atoms with Crippen molar-refractivity contribution in [2.24, 2.45) is 4.99 Å². The van der Waals surface area contributed by atoms with E-state index in [4.69, 9.17) is 0 Å². The van der Waals surface area contributed by atoms with Crippen molar-refractivity contribution in [1.82, 2.24) is 10.2 Å². The molecule has 0 radical (unpaired) electrons. The Balaban J connectivity index is 0.00000264. The first-order chi connectivity index (χ1) is 10.7. The van der Waals surface area contributed by atoms with Crippen LogP contribution in [0.3, 0.4) is 0 Å². The van der Waals surface area contributed by atoms with Gasteiger partial charge >= 0.3 is 0 Å². The number of nitrogens with zero attached hydrogens (tertiary/aromatic N) is 2. The molecule has 4 heteroatoms. The van der Waals surface area contributed by atoms with Gasteiger partial charge in [-0.1, -0.05) is 60.7 Å². The highest BCUT2D eigenvalue weighted by Crippen LogP contribution is 2.27. The molecule has 23 heavy (non-hydrogen) atoms. The maximum Gasteiger partial charge on any atom is 0.193 e. The monoisotopic (exact) mass is 423 g/mol. The van der Waals surface area contributed by atoms with E-state index in [0.717, 1.165) is 18.9 Å². The van der Waals surface area contributed by atoms with Crippen molar-refractivity contribution >= 4 is 29.9 Å². The summed E-state index contributed by atoms with van der Waals surface area (Å²) in [6.45, 7) is 0.888. The van der Waals surface area contributed by atoms with E-state index >= 15 is 0 Å². The standard InChI is InChI=1S/C19H25N3.HI/c1-20-19(22(2)3)21-15-14-18(16-10-6-4-7-11-16)17-12-8-5-9-13-17;/h4-13,18H,14-15H2,1-3H3,(H,20,21);1H. The number of halogens is 1. The van der Waals surface area contributed by atoms with Crippen LogP contribution in [-0.2, 0) is 0 Å². The number of hydrogen-bond donors (Lipinski definition) is 1. The normalized spacial score (nSPS) is 11.0. The third-order valence-electron chi connectivity index (χ3n) is 3.76. The number of guanidine groups is 1. The van der Waals surface area contributed by atoms with Gasteiger partial charge in [0.1, 0.15) is 0 Å². The maximum absolute atomic E-state index is 4.26. The molecule has 0 amide bonds. The van der Waals surface area contributed by atoms with E-state index in [1.807, 2.05) is 26.0 Å². The van der Waals surface area contributed by atoms with Crippen molar-refractivity contribution in [3.63, 3.8) is 0 Å². The number of rotatable bonds is 5. The molecule has 2 rings (SSSR count). The lowest BCUT2D eigenvalue weighted by Crippen LogP contribution is -2.37. The minimum atomic E-state index is 0. The Morgan fingerprint density at radius 1 is 0.957 bits per heavy atom. The van der Waals surface area contributed by atoms with Gasteiger partial charge in [-0.3, -0.25) is 4.99 Å². The zero-order valence-corrected chi connectivity index (χ0v) is 16.4. The molecule has 0 spiro atoms. The van der Waals surface area contributed by atoms with Crippen molar-refractivity contribution in [2.45, 2.75) is 12.3 Å². The van der Waals surface area contributed by atoms with E-state index in [0.29, 0.717) is 5.92 Å². The van der Waals surface area contributed by atoms with Crippen LogP contribution in [0.4, 0.5) is 0 Å². The van der Waals surface area contributed by atoms with Gasteiger partial charge in [0.05, 0.1) is 0 Å². The second kappa shape index (κ2) is 10.3. The molecule has 0 saturated heterocycles. The van der Waals surface area contributed by atoms with E-state index in [-0.39, 0.29) is 24.0 Å². The van der Waals surface area contributed by atoms with Crippen LogP contribution in [0.25, 0.3) is 0 Å². The Bertz CT molecular complexity index is 543. The topological polar surface area (TPSA) is 27.6 Å². The van der Waals surface area contributed by atoms with Crippen LogP contribution >= 0.6 is 24.0 Å². The highest BCUT2D eigenvalue weighted by molar-refractivity contribution is 14.0. The van der Waals surface area contributed by atoms with Gasteiger partial charge in [-0.05, 0) is 17.5 Å². The van der Waals surface area contributed by atoms with Gasteiger partial charge in [0.15, 0.2) is 5.96 Å². The third-order valence-corrected chi connectivity index (χ3v) is 3.76. The second-order valence-corrected chi connectivity index (χ2v) is 5.53. The smallest absolute Gasteiger partial charge is 0.193 e. The fourth-order valence-electron chi connectivity index (χ4n) is 2.66. The molecule has 124 valence electrons. The van der Waals surface area contributed by atoms with Gasteiger partial charge in [0, 0.05) is 33.6 Å². The highest BCUT2D eigenvalue weighted by atomic mass is 127. The molecule has 0 saturated carbocycles. The van der Waals surface area contributed by atoms with Crippen LogP contribution in [-0.4, -0.2) is 38.5 Å². The zero-order valence-electron chi connectivity index (χ0n) is 14.1. The molecule has 0 aromatic heterocycles. The molecule has 0 atom stereocenters. The molecule has 0 aliphatic carbocycles. The van der Waals surface area contributed by atoms with E-state index < -0.39 is 0 Å². The quantitative estimate of drug-likeness (QED) is 0.448. The summed E-state index contributed by atoms with van der Waals surface area (Å²) in [5.41, 5.74) is 2.71. The first-order valence-corrected chi connectivity index (χ1v) is 7.70. The number of hydrogen-bond acceptors (Lipinski definition) is 1. The summed E-state index contributed by atoms with van der Waals surface area (Å²) in [6.07, 6.45) is 1.03. The fraction of sp³-hybridized carbons (Fsp3) is 0.316. The average molecular weight is 423 g/mol. The molecule has 2 aromatic rings. The molecule has 0 aliphatic heterocycles. The Hall–Kier alpha value is -1.56. The van der Waals surface area contributed by atoms with Crippen molar-refractivity contribution in [3.8, 4) is 0 Å². The van der Waals surface area contributed by atoms with Crippen LogP contribution in [0.15, 0.2) is 65.7 Å². The van der Waals surface area contributed by atoms with Gasteiger partial charge in [-0.25, -0.2) is 0 Å². The lowest BCUT2D eigenvalue weighted by Gasteiger charge is -2.21. The molecule has 0 unspecified atom stereocenters. The number of benzene rings is 2. The van der Waals surface area contributed by atoms with E-state index in [2.05, 4.69) is 71.0 Å². The second-order valence-electron chi connectivity index (χ2n) is 5.53. The summed E-state index contributed by atoms with van der Waals surface area (Å²) in [4.78, 5) is 6.26. The van der Waals surface area contributed by atoms with Gasteiger partial charge < -0.3 is 10.2 Å². The molecule has 0 heterocycles. The molecule has 0 fully saturated rings. The molecule has 2 aromatic carbocycles. The lowest BCUT2D eigenvalue weighted by atomic mass is 9.88. The predicted octanol–water partition coefficient (Wildman–Crippen LogP) is 3.96. The lowest BCUT2D eigenvalue weighted by molar-refractivity contribution is 0.572. The number of aliphatic imine (C=N–C) groups is 1. The van der Waals surface area contributed by atoms with Crippen LogP contribution in [0.1, 0.15) is 23.5 Å². The summed E-state index contributed by atoms with van der Waals surface area (Å²) in [7, 11) is 5.82. The van der Waals surface area contributed by atoms with Crippen LogP contribution in [0.2, 0.25) is 0 Å². The summed E-state index contributed by atoms with van der Waals surface area (Å²) < 4.78 is 0. The summed E-state index contributed by atoms with van der Waals surface area (Å²) >= 11 is 0. The summed E-state index contributed by atoms with van der Waals surface area (Å²) in [5.74, 6) is 1.31. The molecule has 0 bridgehead atoms. The first kappa shape index (κ1) is 19.5. The van der Waals surface area contributed by atoms with E-state index in [1.54, 1.807) is 0 Å². The molecule has 1 N–H and O–H groups in total. The fourth-order valence-corrected chi connectivity index (χ4v) is 2.66. The minimum Gasteiger partial charge on any atom is -0.356 e. The van der Waals surface area contributed by atoms with Gasteiger partial charge in [-0.15, -0.1) is 24.0 Å². The molecular formula is C19H26IN3. The minimum absolute atomic E-state index is 0. The van der Waals surface area contributed by atoms with Crippen LogP contribution in [0, 0.1) is 0 Å². The SMILES string of the molecule is CN=C(NCCC(c1ccccc1)c1ccccc1)N(C)C.I. The third kappa shape index (κ3) is 5.86. The largest absolute Gasteiger partial charge is 0.356 e. The van der Waals surface area contributed by atoms with E-state index in [1.165, 1.54) is 11.1 Å². The van der Waals surface area contributed by atoms with Crippen molar-refractivity contribution in [3.05, 3.63) is 71.8 Å². The summed E-state index contributed by atoms with van der Waals surface area (Å²) in [6, 6.07) is 21.4. The van der Waals surface area contributed by atoms with E-state index in [9.17, 15) is 0 Å². The Labute approximate surface area is 156 Å². The molecule has 3 nitrogen and oxygen atoms in total. The van der Waals surface area contributed by atoms with Gasteiger partial charge in [-0.2, -0.15) is 0 Å². The predicted molar refractivity (Wildman–Crippen MR) is 110 cm³/mol. The van der Waals surface area contributed by atoms with Crippen molar-refractivity contribution in [1.29, 1.82) is 0 Å². The Morgan fingerprint density at radius 3 is 1.83 bits per heavy atom. The van der Waals surface area contributed by atoms with Crippen LogP contribution < -0.4 is 5.32 Å². The van der Waals surface area contributed by atoms with Gasteiger partial charge in [0.25, 0.3) is 0 Å². The molecular weight excluding hydrogens is 397 g/mol. The van der Waals surface area contributed by atoms with Crippen molar-refractivity contribution < 1.29 is 0 Å². The Morgan fingerprint density at radius 2 is 1.43 bits per heavy atom. The number of nitrogens with one attached hydrogen (secondary N) is 1. The van der Waals surface area contributed by atoms with Crippen molar-refractivity contribution in [2.75, 3.05) is 27.7 Å². The average Bonchev–Trinajstić information content (AvgIpc) is 2.56. The van der Waals surface area contributed by atoms with Crippen LogP contribution in [0.5, 0.6) is 0 Å². The summed E-state index contributed by atoms with van der Waals surface area (Å²) in [5, 5.41) is 3.41. The maximum atomic E-state index is 4.26. The first-order valence-electron chi connectivity index (χ1n) is 7.70. The zero-order chi connectivity index (χ0) is 15.8. The highest BCUT2D eigenvalue weighted by Gasteiger charge is 2.13. The molecule has 0 aliphatic rings.